The molecular weight excluding hydrogens is 228 g/mol. The van der Waals surface area contributed by atoms with Gasteiger partial charge in [-0.15, -0.1) is 11.3 Å². The molecule has 0 unspecified atom stereocenters. The molecule has 0 aliphatic rings. The van der Waals surface area contributed by atoms with Gasteiger partial charge in [0.15, 0.2) is 0 Å². The average molecular weight is 242 g/mol. The second kappa shape index (κ2) is 5.06. The van der Waals surface area contributed by atoms with Crippen LogP contribution in [0.25, 0.3) is 15.8 Å². The SMILES string of the molecule is C=C/C=C\C(=C/C)c1csc2ncnc(C)c12. The molecule has 86 valence electrons. The van der Waals surface area contributed by atoms with Crippen molar-refractivity contribution in [3.05, 3.63) is 53.8 Å². The second-order valence-corrected chi connectivity index (χ2v) is 4.49. The molecule has 17 heavy (non-hydrogen) atoms. The normalized spacial score (nSPS) is 12.5. The Morgan fingerprint density at radius 3 is 2.94 bits per heavy atom. The maximum Gasteiger partial charge on any atom is 0.127 e. The summed E-state index contributed by atoms with van der Waals surface area (Å²) >= 11 is 1.65. The Kier molecular flexibility index (Phi) is 3.49. The number of thiophene rings is 1. The highest BCUT2D eigenvalue weighted by molar-refractivity contribution is 7.17. The fourth-order valence-electron chi connectivity index (χ4n) is 1.75. The van der Waals surface area contributed by atoms with Crippen molar-refractivity contribution in [2.24, 2.45) is 0 Å². The van der Waals surface area contributed by atoms with Crippen LogP contribution < -0.4 is 0 Å². The van der Waals surface area contributed by atoms with E-state index in [1.807, 2.05) is 19.9 Å². The molecule has 2 heterocycles. The van der Waals surface area contributed by atoms with E-state index >= 15 is 0 Å². The Bertz CT molecular complexity index is 606. The first-order chi connectivity index (χ1) is 8.27. The molecule has 2 aromatic heterocycles. The van der Waals surface area contributed by atoms with Gasteiger partial charge in [0.05, 0.1) is 0 Å². The van der Waals surface area contributed by atoms with Crippen LogP contribution in [0.2, 0.25) is 0 Å². The van der Waals surface area contributed by atoms with Gasteiger partial charge >= 0.3 is 0 Å². The van der Waals surface area contributed by atoms with Crippen LogP contribution in [-0.2, 0) is 0 Å². The highest BCUT2D eigenvalue weighted by Gasteiger charge is 2.10. The summed E-state index contributed by atoms with van der Waals surface area (Å²) in [6, 6.07) is 0. The number of hydrogen-bond acceptors (Lipinski definition) is 3. The van der Waals surface area contributed by atoms with E-state index in [2.05, 4.69) is 34.1 Å². The summed E-state index contributed by atoms with van der Waals surface area (Å²) in [5, 5.41) is 3.29. The second-order valence-electron chi connectivity index (χ2n) is 3.63. The summed E-state index contributed by atoms with van der Waals surface area (Å²) in [5.74, 6) is 0. The smallest absolute Gasteiger partial charge is 0.127 e. The highest BCUT2D eigenvalue weighted by atomic mass is 32.1. The zero-order valence-corrected chi connectivity index (χ0v) is 10.8. The lowest BCUT2D eigenvalue weighted by atomic mass is 10.0. The third-order valence-corrected chi connectivity index (χ3v) is 3.48. The van der Waals surface area contributed by atoms with Gasteiger partial charge in [-0.1, -0.05) is 30.9 Å². The molecule has 2 rings (SSSR count). The Balaban J connectivity index is 2.63. The zero-order chi connectivity index (χ0) is 12.3. The van der Waals surface area contributed by atoms with Crippen molar-refractivity contribution in [1.29, 1.82) is 0 Å². The standard InChI is InChI=1S/C14H14N2S/c1-4-6-7-11(5-2)12-8-17-14-13(12)10(3)15-9-16-14/h4-9H,1H2,2-3H3/b7-6-,11-5+. The van der Waals surface area contributed by atoms with Gasteiger partial charge < -0.3 is 0 Å². The van der Waals surface area contributed by atoms with Crippen molar-refractivity contribution in [2.75, 3.05) is 0 Å². The first-order valence-corrected chi connectivity index (χ1v) is 6.30. The molecule has 0 spiro atoms. The number of aryl methyl sites for hydroxylation is 1. The van der Waals surface area contributed by atoms with Gasteiger partial charge in [-0.3, -0.25) is 0 Å². The van der Waals surface area contributed by atoms with Gasteiger partial charge in [-0.2, -0.15) is 0 Å². The summed E-state index contributed by atoms with van der Waals surface area (Å²) in [5.41, 5.74) is 3.40. The van der Waals surface area contributed by atoms with Gasteiger partial charge in [-0.05, 0) is 19.4 Å². The fraction of sp³-hybridized carbons (Fsp3) is 0.143. The topological polar surface area (TPSA) is 25.8 Å². The Hall–Kier alpha value is -1.74. The van der Waals surface area contributed by atoms with Crippen LogP contribution >= 0.6 is 11.3 Å². The molecule has 2 nitrogen and oxygen atoms in total. The predicted octanol–water partition coefficient (Wildman–Crippen LogP) is 4.15. The molecule has 0 amide bonds. The molecule has 0 saturated carbocycles. The van der Waals surface area contributed by atoms with Crippen molar-refractivity contribution in [1.82, 2.24) is 9.97 Å². The molecule has 0 fully saturated rings. The molecule has 0 saturated heterocycles. The maximum absolute atomic E-state index is 4.30. The summed E-state index contributed by atoms with van der Waals surface area (Å²) < 4.78 is 0. The van der Waals surface area contributed by atoms with Crippen LogP contribution in [0.5, 0.6) is 0 Å². The zero-order valence-electron chi connectivity index (χ0n) is 9.97. The quantitative estimate of drug-likeness (QED) is 0.756. The number of fused-ring (bicyclic) bond motifs is 1. The first kappa shape index (κ1) is 11.7. The molecule has 0 radical (unpaired) electrons. The van der Waals surface area contributed by atoms with Crippen LogP contribution in [0.4, 0.5) is 0 Å². The van der Waals surface area contributed by atoms with Gasteiger partial charge in [0, 0.05) is 22.0 Å². The summed E-state index contributed by atoms with van der Waals surface area (Å²) in [6.45, 7) is 7.74. The monoisotopic (exact) mass is 242 g/mol. The van der Waals surface area contributed by atoms with Crippen LogP contribution in [0.1, 0.15) is 18.2 Å². The summed E-state index contributed by atoms with van der Waals surface area (Å²) in [4.78, 5) is 9.60. The third-order valence-electron chi connectivity index (χ3n) is 2.59. The molecular formula is C14H14N2S. The molecule has 0 N–H and O–H groups in total. The number of hydrogen-bond donors (Lipinski definition) is 0. The van der Waals surface area contributed by atoms with Crippen LogP contribution in [0, 0.1) is 6.92 Å². The minimum atomic E-state index is 1.03. The third kappa shape index (κ3) is 2.19. The van der Waals surface area contributed by atoms with E-state index in [0.29, 0.717) is 0 Å². The Morgan fingerprint density at radius 2 is 2.24 bits per heavy atom. The average Bonchev–Trinajstić information content (AvgIpc) is 2.76. The van der Waals surface area contributed by atoms with E-state index in [-0.39, 0.29) is 0 Å². The van der Waals surface area contributed by atoms with Crippen molar-refractivity contribution in [3.8, 4) is 0 Å². The van der Waals surface area contributed by atoms with Crippen molar-refractivity contribution < 1.29 is 0 Å². The minimum absolute atomic E-state index is 1.03. The van der Waals surface area contributed by atoms with E-state index in [1.54, 1.807) is 23.7 Å². The van der Waals surface area contributed by atoms with Gasteiger partial charge in [0.2, 0.25) is 0 Å². The van der Waals surface area contributed by atoms with Crippen LogP contribution in [0.3, 0.4) is 0 Å². The Labute approximate surface area is 105 Å². The van der Waals surface area contributed by atoms with Crippen LogP contribution in [0.15, 0.2) is 42.6 Å². The van der Waals surface area contributed by atoms with Crippen molar-refractivity contribution >= 4 is 27.1 Å². The van der Waals surface area contributed by atoms with E-state index in [1.165, 1.54) is 11.1 Å². The number of nitrogens with zero attached hydrogens (tertiary/aromatic N) is 2. The molecule has 2 aromatic rings. The van der Waals surface area contributed by atoms with E-state index in [0.717, 1.165) is 15.9 Å². The van der Waals surface area contributed by atoms with Gasteiger partial charge in [0.25, 0.3) is 0 Å². The molecule has 0 bridgehead atoms. The Morgan fingerprint density at radius 1 is 1.41 bits per heavy atom. The fourth-order valence-corrected chi connectivity index (χ4v) is 2.72. The first-order valence-electron chi connectivity index (χ1n) is 5.42. The number of aromatic nitrogens is 2. The summed E-state index contributed by atoms with van der Waals surface area (Å²) in [7, 11) is 0. The molecule has 0 aromatic carbocycles. The predicted molar refractivity (Wildman–Crippen MR) is 75.1 cm³/mol. The van der Waals surface area contributed by atoms with Gasteiger partial charge in [-0.25, -0.2) is 9.97 Å². The van der Waals surface area contributed by atoms with Crippen molar-refractivity contribution in [3.63, 3.8) is 0 Å². The molecule has 0 atom stereocenters. The minimum Gasteiger partial charge on any atom is -0.241 e. The van der Waals surface area contributed by atoms with Crippen LogP contribution in [-0.4, -0.2) is 9.97 Å². The lowest BCUT2D eigenvalue weighted by Gasteiger charge is -2.01. The van der Waals surface area contributed by atoms with Crippen molar-refractivity contribution in [2.45, 2.75) is 13.8 Å². The largest absolute Gasteiger partial charge is 0.241 e. The van der Waals surface area contributed by atoms with E-state index in [9.17, 15) is 0 Å². The molecule has 0 aliphatic heterocycles. The maximum atomic E-state index is 4.30. The van der Waals surface area contributed by atoms with E-state index in [4.69, 9.17) is 0 Å². The lowest BCUT2D eigenvalue weighted by molar-refractivity contribution is 1.16. The highest BCUT2D eigenvalue weighted by Crippen LogP contribution is 2.31. The number of allylic oxidation sites excluding steroid dienone is 5. The number of rotatable bonds is 3. The lowest BCUT2D eigenvalue weighted by Crippen LogP contribution is -1.86. The molecule has 0 aliphatic carbocycles. The van der Waals surface area contributed by atoms with E-state index < -0.39 is 0 Å². The molecule has 3 heteroatoms. The van der Waals surface area contributed by atoms with Gasteiger partial charge in [0.1, 0.15) is 11.2 Å². The summed E-state index contributed by atoms with van der Waals surface area (Å²) in [6.07, 6.45) is 9.49.